The van der Waals surface area contributed by atoms with E-state index in [1.165, 1.54) is 0 Å². The highest BCUT2D eigenvalue weighted by atomic mass is 16.2. The minimum Gasteiger partial charge on any atom is -0.368 e. The van der Waals surface area contributed by atoms with Crippen molar-refractivity contribution in [3.05, 3.63) is 23.8 Å². The molecule has 0 saturated carbocycles. The molecule has 78 valence electrons. The lowest BCUT2D eigenvalue weighted by Gasteiger charge is -2.14. The number of hydrogen-bond donors (Lipinski definition) is 2. The van der Waals surface area contributed by atoms with Gasteiger partial charge in [-0.05, 0) is 18.9 Å². The second kappa shape index (κ2) is 6.88. The Morgan fingerprint density at radius 1 is 1.57 bits per heavy atom. The van der Waals surface area contributed by atoms with Crippen LogP contribution in [0.5, 0.6) is 0 Å². The molecule has 14 heavy (non-hydrogen) atoms. The van der Waals surface area contributed by atoms with Gasteiger partial charge in [0.05, 0.1) is 0 Å². The summed E-state index contributed by atoms with van der Waals surface area (Å²) < 4.78 is 0. The number of hydrogen-bond acceptors (Lipinski definition) is 2. The normalized spacial score (nSPS) is 14.0. The van der Waals surface area contributed by atoms with Gasteiger partial charge < -0.3 is 11.1 Å². The van der Waals surface area contributed by atoms with Crippen molar-refractivity contribution >= 4 is 12.3 Å². The van der Waals surface area contributed by atoms with Gasteiger partial charge in [-0.3, -0.25) is 9.59 Å². The van der Waals surface area contributed by atoms with E-state index >= 15 is 0 Å². The van der Waals surface area contributed by atoms with Crippen LogP contribution in [0.1, 0.15) is 20.3 Å². The molecule has 0 spiro atoms. The lowest BCUT2D eigenvalue weighted by Crippen LogP contribution is -2.41. The maximum Gasteiger partial charge on any atom is 0.244 e. The van der Waals surface area contributed by atoms with Crippen LogP contribution in [0.2, 0.25) is 0 Å². The maximum absolute atomic E-state index is 11.0. The largest absolute Gasteiger partial charge is 0.368 e. The Labute approximate surface area is 83.9 Å². The smallest absolute Gasteiger partial charge is 0.244 e. The van der Waals surface area contributed by atoms with Crippen LogP contribution >= 0.6 is 0 Å². The average molecular weight is 196 g/mol. The third kappa shape index (κ3) is 3.89. The topological polar surface area (TPSA) is 72.2 Å². The van der Waals surface area contributed by atoms with Crippen molar-refractivity contribution in [1.82, 2.24) is 5.32 Å². The van der Waals surface area contributed by atoms with E-state index in [0.29, 0.717) is 12.8 Å². The van der Waals surface area contributed by atoms with E-state index in [2.05, 4.69) is 5.32 Å². The summed E-state index contributed by atoms with van der Waals surface area (Å²) in [4.78, 5) is 21.2. The van der Waals surface area contributed by atoms with Crippen molar-refractivity contribution in [3.8, 4) is 0 Å². The van der Waals surface area contributed by atoms with Crippen LogP contribution < -0.4 is 11.1 Å². The number of primary amides is 1. The summed E-state index contributed by atoms with van der Waals surface area (Å²) in [5.74, 6) is -0.547. The minimum atomic E-state index is -0.700. The van der Waals surface area contributed by atoms with Crippen LogP contribution in [0, 0.1) is 0 Å². The molecule has 0 radical (unpaired) electrons. The molecule has 4 heteroatoms. The highest BCUT2D eigenvalue weighted by Crippen LogP contribution is 2.07. The Hall–Kier alpha value is -1.58. The fourth-order valence-corrected chi connectivity index (χ4v) is 1.08. The van der Waals surface area contributed by atoms with Crippen LogP contribution in [0.4, 0.5) is 0 Å². The van der Waals surface area contributed by atoms with Gasteiger partial charge in [0, 0.05) is 0 Å². The van der Waals surface area contributed by atoms with E-state index in [1.807, 2.05) is 19.9 Å². The monoisotopic (exact) mass is 196 g/mol. The molecular weight excluding hydrogens is 180 g/mol. The van der Waals surface area contributed by atoms with Crippen LogP contribution in [-0.2, 0) is 9.59 Å². The average Bonchev–Trinajstić information content (AvgIpc) is 2.17. The molecule has 0 heterocycles. The van der Waals surface area contributed by atoms with Gasteiger partial charge in [-0.25, -0.2) is 0 Å². The Morgan fingerprint density at radius 2 is 2.21 bits per heavy atom. The molecule has 2 amide bonds. The molecule has 3 N–H and O–H groups in total. The van der Waals surface area contributed by atoms with E-state index in [9.17, 15) is 9.59 Å². The molecule has 0 aromatic heterocycles. The highest BCUT2D eigenvalue weighted by molar-refractivity contribution is 5.85. The first kappa shape index (κ1) is 12.4. The van der Waals surface area contributed by atoms with Crippen LogP contribution in [0.15, 0.2) is 23.8 Å². The third-order valence-corrected chi connectivity index (χ3v) is 1.80. The zero-order valence-electron chi connectivity index (χ0n) is 8.49. The molecular formula is C10H16N2O2. The van der Waals surface area contributed by atoms with Crippen molar-refractivity contribution < 1.29 is 9.59 Å². The number of carbonyl (C=O) groups excluding carboxylic acids is 2. The standard InChI is InChI=1S/C10H16N2O2/c1-3-5-6-8(4-2)9(10(11)14)12-7-13/h3,5-7,9H,4H2,1-2H3,(H2,11,14)(H,12,13)/b5-3-,8-6+. The molecule has 0 rings (SSSR count). The number of allylic oxidation sites excluding steroid dienone is 3. The van der Waals surface area contributed by atoms with E-state index in [1.54, 1.807) is 12.2 Å². The van der Waals surface area contributed by atoms with E-state index in [-0.39, 0.29) is 0 Å². The van der Waals surface area contributed by atoms with Gasteiger partial charge >= 0.3 is 0 Å². The molecule has 0 aromatic rings. The molecule has 1 atom stereocenters. The first-order valence-electron chi connectivity index (χ1n) is 4.48. The van der Waals surface area contributed by atoms with Gasteiger partial charge in [-0.15, -0.1) is 0 Å². The van der Waals surface area contributed by atoms with Crippen molar-refractivity contribution in [3.63, 3.8) is 0 Å². The molecule has 0 aliphatic carbocycles. The first-order valence-corrected chi connectivity index (χ1v) is 4.48. The summed E-state index contributed by atoms with van der Waals surface area (Å²) in [6.07, 6.45) is 6.58. The third-order valence-electron chi connectivity index (χ3n) is 1.80. The summed E-state index contributed by atoms with van der Waals surface area (Å²) in [7, 11) is 0. The number of rotatable bonds is 6. The predicted molar refractivity (Wildman–Crippen MR) is 55.4 cm³/mol. The molecule has 0 aliphatic rings. The summed E-state index contributed by atoms with van der Waals surface area (Å²) in [5.41, 5.74) is 5.94. The quantitative estimate of drug-likeness (QED) is 0.479. The van der Waals surface area contributed by atoms with Crippen molar-refractivity contribution in [2.45, 2.75) is 26.3 Å². The molecule has 4 nitrogen and oxygen atoms in total. The van der Waals surface area contributed by atoms with Crippen molar-refractivity contribution in [1.29, 1.82) is 0 Å². The van der Waals surface area contributed by atoms with E-state index < -0.39 is 11.9 Å². The number of nitrogens with two attached hydrogens (primary N) is 1. The van der Waals surface area contributed by atoms with Crippen molar-refractivity contribution in [2.24, 2.45) is 5.73 Å². The summed E-state index contributed by atoms with van der Waals surface area (Å²) in [5, 5.41) is 2.38. The van der Waals surface area contributed by atoms with Crippen molar-refractivity contribution in [2.75, 3.05) is 0 Å². The van der Waals surface area contributed by atoms with Crippen LogP contribution in [0.25, 0.3) is 0 Å². The minimum absolute atomic E-state index is 0.481. The lowest BCUT2D eigenvalue weighted by atomic mass is 10.0. The molecule has 0 aliphatic heterocycles. The van der Waals surface area contributed by atoms with Gasteiger partial charge in [-0.2, -0.15) is 0 Å². The summed E-state index contributed by atoms with van der Waals surface area (Å²) in [6.45, 7) is 3.77. The van der Waals surface area contributed by atoms with Gasteiger partial charge in [0.2, 0.25) is 12.3 Å². The van der Waals surface area contributed by atoms with Crippen LogP contribution in [0.3, 0.4) is 0 Å². The van der Waals surface area contributed by atoms with Crippen LogP contribution in [-0.4, -0.2) is 18.4 Å². The predicted octanol–water partition coefficient (Wildman–Crippen LogP) is 0.499. The SMILES string of the molecule is C/C=C\C=C(/CC)C(NC=O)C(N)=O. The van der Waals surface area contributed by atoms with Gasteiger partial charge in [0.25, 0.3) is 0 Å². The number of nitrogens with one attached hydrogen (secondary N) is 1. The molecule has 0 aromatic carbocycles. The maximum atomic E-state index is 11.0. The fourth-order valence-electron chi connectivity index (χ4n) is 1.08. The first-order chi connectivity index (χ1) is 6.67. The molecule has 0 bridgehead atoms. The Bertz CT molecular complexity index is 257. The van der Waals surface area contributed by atoms with E-state index in [0.717, 1.165) is 5.57 Å². The van der Waals surface area contributed by atoms with Gasteiger partial charge in [0.1, 0.15) is 6.04 Å². The second-order valence-electron chi connectivity index (χ2n) is 2.74. The van der Waals surface area contributed by atoms with E-state index in [4.69, 9.17) is 5.73 Å². The Balaban J connectivity index is 4.74. The number of carbonyl (C=O) groups is 2. The number of amides is 2. The second-order valence-corrected chi connectivity index (χ2v) is 2.74. The molecule has 1 unspecified atom stereocenters. The fraction of sp³-hybridized carbons (Fsp3) is 0.400. The Kier molecular flexibility index (Phi) is 6.11. The lowest BCUT2D eigenvalue weighted by molar-refractivity contribution is -0.121. The summed E-state index contributed by atoms with van der Waals surface area (Å²) >= 11 is 0. The Morgan fingerprint density at radius 3 is 2.57 bits per heavy atom. The highest BCUT2D eigenvalue weighted by Gasteiger charge is 2.16. The molecule has 0 saturated heterocycles. The van der Waals surface area contributed by atoms with Gasteiger partial charge in [-0.1, -0.05) is 25.2 Å². The summed E-state index contributed by atoms with van der Waals surface area (Å²) in [6, 6.07) is -0.700. The zero-order valence-corrected chi connectivity index (χ0v) is 8.49. The molecule has 0 fully saturated rings. The zero-order chi connectivity index (χ0) is 11.0. The van der Waals surface area contributed by atoms with Gasteiger partial charge in [0.15, 0.2) is 0 Å².